The van der Waals surface area contributed by atoms with E-state index in [9.17, 15) is 0 Å². The van der Waals surface area contributed by atoms with E-state index in [1.165, 1.54) is 103 Å². The fourth-order valence-electron chi connectivity index (χ4n) is 16.4. The lowest BCUT2D eigenvalue weighted by Crippen LogP contribution is -2.74. The minimum atomic E-state index is -1.63. The van der Waals surface area contributed by atoms with E-state index in [0.29, 0.717) is 0 Å². The number of benzene rings is 16. The van der Waals surface area contributed by atoms with Gasteiger partial charge in [0, 0.05) is 0 Å². The Morgan fingerprint density at radius 1 is 0.179 bits per heavy atom. The van der Waals surface area contributed by atoms with Crippen LogP contribution >= 0.6 is 15.2 Å². The Labute approximate surface area is 632 Å². The lowest BCUT2D eigenvalue weighted by Gasteiger charge is -2.44. The second-order valence-corrected chi connectivity index (χ2v) is 33.5. The Morgan fingerprint density at radius 3 is 0.528 bits per heavy atom. The van der Waals surface area contributed by atoms with Gasteiger partial charge in [-0.05, 0) is 110 Å². The third-order valence-electron chi connectivity index (χ3n) is 21.1. The van der Waals surface area contributed by atoms with Gasteiger partial charge in [-0.3, -0.25) is 0 Å². The molecular formula is C102H92B2P2. The fourth-order valence-corrected chi connectivity index (χ4v) is 24.2. The SMILES string of the molecule is c1ccc(-c2ccccc2)cc1.c1ccc([B-](c2ccccc2)(c2ccccc2)c2ccccc2)cc1.c1ccc([B-](c2ccccc2)(c2ccccc2)c2ccccc2)cc1.c1ccc([P+](c2ccccc2)(c2ccccc2)C2CCCCC2)cc1.c1ccc([PH+](c2ccccc2)c2ccccc2)cc1. The summed E-state index contributed by atoms with van der Waals surface area (Å²) in [5.41, 5.74) is 14.0. The van der Waals surface area contributed by atoms with Crippen LogP contribution in [0.4, 0.5) is 0 Å². The molecule has 0 amide bonds. The highest BCUT2D eigenvalue weighted by Crippen LogP contribution is 2.63. The minimum Gasteiger partial charge on any atom is -0.195 e. The number of hydrogen-bond acceptors (Lipinski definition) is 0. The second kappa shape index (κ2) is 37.8. The molecule has 0 unspecified atom stereocenters. The Morgan fingerprint density at radius 2 is 0.340 bits per heavy atom. The molecular weight excluding hydrogens is 1310 g/mol. The molecule has 0 nitrogen and oxygen atoms in total. The van der Waals surface area contributed by atoms with Crippen molar-refractivity contribution in [3.8, 4) is 11.1 Å². The second-order valence-electron chi connectivity index (χ2n) is 27.2. The van der Waals surface area contributed by atoms with Crippen molar-refractivity contribution in [3.63, 3.8) is 0 Å². The van der Waals surface area contributed by atoms with Crippen LogP contribution in [0.2, 0.25) is 0 Å². The molecule has 0 spiro atoms. The summed E-state index contributed by atoms with van der Waals surface area (Å²) in [6.07, 6.45) is 4.42. The first kappa shape index (κ1) is 72.8. The lowest BCUT2D eigenvalue weighted by atomic mass is 9.13. The molecule has 0 bridgehead atoms. The first-order valence-corrected chi connectivity index (χ1v) is 41.0. The van der Waals surface area contributed by atoms with Crippen molar-refractivity contribution in [1.82, 2.24) is 0 Å². The molecule has 0 aliphatic heterocycles. The van der Waals surface area contributed by atoms with Crippen LogP contribution in [0, 0.1) is 0 Å². The largest absolute Gasteiger partial charge is 0.195 e. The van der Waals surface area contributed by atoms with Gasteiger partial charge >= 0.3 is 0 Å². The van der Waals surface area contributed by atoms with E-state index in [4.69, 9.17) is 0 Å². The van der Waals surface area contributed by atoms with Crippen molar-refractivity contribution in [2.45, 2.75) is 37.8 Å². The molecule has 0 atom stereocenters. The van der Waals surface area contributed by atoms with Gasteiger partial charge in [0.25, 0.3) is 0 Å². The van der Waals surface area contributed by atoms with Gasteiger partial charge in [-0.2, -0.15) is 43.7 Å². The topological polar surface area (TPSA) is 0 Å². The smallest absolute Gasteiger partial charge is 0.115 e. The first-order chi connectivity index (χ1) is 52.7. The Kier molecular flexibility index (Phi) is 26.0. The lowest BCUT2D eigenvalue weighted by molar-refractivity contribution is 0.511. The zero-order chi connectivity index (χ0) is 72.0. The predicted octanol–water partition coefficient (Wildman–Crippen LogP) is 18.0. The average molecular weight is 1400 g/mol. The van der Waals surface area contributed by atoms with Crippen LogP contribution in [0.25, 0.3) is 11.1 Å². The summed E-state index contributed by atoms with van der Waals surface area (Å²) >= 11 is 0. The molecule has 1 aliphatic rings. The van der Waals surface area contributed by atoms with E-state index < -0.39 is 27.5 Å². The highest BCUT2D eigenvalue weighted by atomic mass is 31.2. The van der Waals surface area contributed by atoms with Crippen LogP contribution in [0.15, 0.2) is 485 Å². The number of rotatable bonds is 16. The molecule has 0 saturated heterocycles. The molecule has 16 aromatic rings. The van der Waals surface area contributed by atoms with E-state index in [1.54, 1.807) is 15.9 Å². The third kappa shape index (κ3) is 17.2. The first-order valence-electron chi connectivity index (χ1n) is 37.6. The monoisotopic (exact) mass is 1400 g/mol. The van der Waals surface area contributed by atoms with Crippen LogP contribution in [-0.4, -0.2) is 18.0 Å². The van der Waals surface area contributed by atoms with Gasteiger partial charge in [0.15, 0.2) is 0 Å². The van der Waals surface area contributed by atoms with Gasteiger partial charge in [-0.1, -0.05) is 419 Å². The average Bonchev–Trinajstić information content (AvgIpc) is 0.761. The van der Waals surface area contributed by atoms with Gasteiger partial charge in [-0.25, -0.2) is 0 Å². The quantitative estimate of drug-likeness (QED) is 0.0668. The summed E-state index contributed by atoms with van der Waals surface area (Å²) in [4.78, 5) is 0. The predicted molar refractivity (Wildman–Crippen MR) is 471 cm³/mol. The summed E-state index contributed by atoms with van der Waals surface area (Å²) in [5, 5.41) is 8.93. The van der Waals surface area contributed by atoms with Crippen molar-refractivity contribution in [1.29, 1.82) is 0 Å². The molecule has 0 radical (unpaired) electrons. The molecule has 0 heterocycles. The van der Waals surface area contributed by atoms with Crippen LogP contribution in [0.3, 0.4) is 0 Å². The molecule has 1 saturated carbocycles. The van der Waals surface area contributed by atoms with Gasteiger partial charge in [0.2, 0.25) is 0 Å². The maximum Gasteiger partial charge on any atom is 0.115 e. The normalized spacial score (nSPS) is 12.0. The Bertz CT molecular complexity index is 4340. The molecule has 0 N–H and O–H groups in total. The van der Waals surface area contributed by atoms with Crippen LogP contribution in [-0.2, 0) is 0 Å². The van der Waals surface area contributed by atoms with E-state index in [-0.39, 0.29) is 0 Å². The molecule has 1 fully saturated rings. The van der Waals surface area contributed by atoms with Crippen LogP contribution in [0.5, 0.6) is 0 Å². The Hall–Kier alpha value is -11.5. The highest BCUT2D eigenvalue weighted by Gasteiger charge is 2.52. The zero-order valence-electron chi connectivity index (χ0n) is 60.4. The molecule has 17 rings (SSSR count). The highest BCUT2D eigenvalue weighted by molar-refractivity contribution is 7.96. The van der Waals surface area contributed by atoms with E-state index >= 15 is 0 Å². The zero-order valence-corrected chi connectivity index (χ0v) is 62.3. The molecule has 1 aliphatic carbocycles. The van der Waals surface area contributed by atoms with Gasteiger partial charge in [0.1, 0.15) is 51.4 Å². The molecule has 4 heteroatoms. The van der Waals surface area contributed by atoms with E-state index in [2.05, 4.69) is 473 Å². The maximum atomic E-state index is 2.38. The van der Waals surface area contributed by atoms with Crippen molar-refractivity contribution in [2.24, 2.45) is 0 Å². The summed E-state index contributed by atoms with van der Waals surface area (Å²) in [7, 11) is -2.51. The number of hydrogen-bond donors (Lipinski definition) is 0. The summed E-state index contributed by atoms with van der Waals surface area (Å²) < 4.78 is 0. The molecule has 16 aromatic carbocycles. The van der Waals surface area contributed by atoms with E-state index in [1.807, 2.05) is 12.1 Å². The van der Waals surface area contributed by atoms with Gasteiger partial charge in [0.05, 0.1) is 13.6 Å². The molecule has 106 heavy (non-hydrogen) atoms. The minimum absolute atomic E-state index is 0.758. The van der Waals surface area contributed by atoms with Crippen molar-refractivity contribution < 1.29 is 0 Å². The van der Waals surface area contributed by atoms with Crippen LogP contribution < -0.4 is 75.5 Å². The van der Waals surface area contributed by atoms with Crippen molar-refractivity contribution in [2.75, 3.05) is 0 Å². The Balaban J connectivity index is 0.000000119. The summed E-state index contributed by atoms with van der Waals surface area (Å²) in [6.45, 7) is 0. The fraction of sp³-hybridized carbons (Fsp3) is 0.0588. The van der Waals surface area contributed by atoms with E-state index in [0.717, 1.165) is 5.66 Å². The molecule has 0 aromatic heterocycles. The van der Waals surface area contributed by atoms with Crippen LogP contribution in [0.1, 0.15) is 32.1 Å². The summed E-state index contributed by atoms with van der Waals surface area (Å²) in [5.74, 6) is 0. The third-order valence-corrected chi connectivity index (χ3v) is 28.8. The summed E-state index contributed by atoms with van der Waals surface area (Å²) in [6, 6.07) is 174. The van der Waals surface area contributed by atoms with Crippen molar-refractivity contribution in [3.05, 3.63) is 485 Å². The molecule has 516 valence electrons. The van der Waals surface area contributed by atoms with Gasteiger partial charge < -0.3 is 0 Å². The standard InChI is InChI=1S/2C24H20B.C24H26P.C18H15P.C12H10/c3*1-5-13-21(14-6-1)25(22-15-7-2-8-16-22,23-17-9-3-10-18-23)24-19-11-4-12-20-24;1-4-10-16(11-5-1)19(17-12-6-2-7-13-17)18-14-8-3-9-15-18;1-3-7-11(8-4-1)12-9-5-2-6-10-12/h2*1-20H;1-3,5-10,13-18,24H,4,11-12,19-20H2;1-15H;1-10H/q2*-1;+1;;/p+1. The van der Waals surface area contributed by atoms with Gasteiger partial charge in [-0.15, -0.1) is 0 Å². The van der Waals surface area contributed by atoms with Crippen molar-refractivity contribution >= 4 is 103 Å². The maximum absolute atomic E-state index is 2.38.